The van der Waals surface area contributed by atoms with E-state index >= 15 is 0 Å². The predicted octanol–water partition coefficient (Wildman–Crippen LogP) is 5.90. The molecule has 0 bridgehead atoms. The summed E-state index contributed by atoms with van der Waals surface area (Å²) in [4.78, 5) is 15.9. The second kappa shape index (κ2) is 10.2. The van der Waals surface area contributed by atoms with Gasteiger partial charge in [0.25, 0.3) is 5.91 Å². The summed E-state index contributed by atoms with van der Waals surface area (Å²) in [7, 11) is 0. The lowest BCUT2D eigenvalue weighted by molar-refractivity contribution is 0.0929. The van der Waals surface area contributed by atoms with Crippen molar-refractivity contribution in [1.82, 2.24) is 10.2 Å². The number of rotatable bonds is 6. The number of hydrogen-bond donors (Lipinski definition) is 1. The van der Waals surface area contributed by atoms with Gasteiger partial charge in [-0.15, -0.1) is 11.3 Å². The van der Waals surface area contributed by atoms with Gasteiger partial charge in [-0.1, -0.05) is 55.8 Å². The zero-order chi connectivity index (χ0) is 21.6. The van der Waals surface area contributed by atoms with Crippen LogP contribution in [0.3, 0.4) is 0 Å². The quantitative estimate of drug-likeness (QED) is 0.522. The van der Waals surface area contributed by atoms with Crippen molar-refractivity contribution in [2.24, 2.45) is 0 Å². The Bertz CT molecular complexity index is 1010. The van der Waals surface area contributed by atoms with Crippen LogP contribution in [0.25, 0.3) is 11.1 Å². The fourth-order valence-corrected chi connectivity index (χ4v) is 4.98. The highest BCUT2D eigenvalue weighted by Gasteiger charge is 2.21. The number of nitrogens with zero attached hydrogens (tertiary/aromatic N) is 1. The van der Waals surface area contributed by atoms with Crippen LogP contribution in [-0.2, 0) is 13.0 Å². The summed E-state index contributed by atoms with van der Waals surface area (Å²) in [6, 6.07) is 17.4. The standard InChI is InChI=1S/C26H29FN2OS/c1-2-19-10-12-20(13-11-19)16-29-14-6-5-7-22(17-29)28-26(30)25-15-21(18-31-25)23-8-3-4-9-24(23)27/h3-4,8-13,15,18,22H,2,5-7,14,16-17H2,1H3,(H,28,30). The van der Waals surface area contributed by atoms with Crippen LogP contribution in [-0.4, -0.2) is 29.9 Å². The number of likely N-dealkylation sites (tertiary alicyclic amines) is 1. The van der Waals surface area contributed by atoms with Gasteiger partial charge in [0.15, 0.2) is 0 Å². The molecule has 0 aliphatic carbocycles. The maximum absolute atomic E-state index is 14.1. The van der Waals surface area contributed by atoms with Crippen molar-refractivity contribution >= 4 is 17.2 Å². The van der Waals surface area contributed by atoms with Crippen LogP contribution >= 0.6 is 11.3 Å². The van der Waals surface area contributed by atoms with E-state index in [2.05, 4.69) is 41.4 Å². The number of carbonyl (C=O) groups excluding carboxylic acids is 1. The second-order valence-corrected chi connectivity index (χ2v) is 9.16. The van der Waals surface area contributed by atoms with Gasteiger partial charge in [0.1, 0.15) is 5.82 Å². The Balaban J connectivity index is 1.38. The topological polar surface area (TPSA) is 32.3 Å². The minimum absolute atomic E-state index is 0.0632. The Morgan fingerprint density at radius 3 is 2.68 bits per heavy atom. The molecule has 1 unspecified atom stereocenters. The van der Waals surface area contributed by atoms with Crippen LogP contribution in [0.5, 0.6) is 0 Å². The SMILES string of the molecule is CCc1ccc(CN2CCCCC(NC(=O)c3cc(-c4ccccc4F)cs3)C2)cc1. The first-order chi connectivity index (χ1) is 15.1. The van der Waals surface area contributed by atoms with Crippen molar-refractivity contribution < 1.29 is 9.18 Å². The number of benzene rings is 2. The van der Waals surface area contributed by atoms with E-state index in [1.165, 1.54) is 28.5 Å². The van der Waals surface area contributed by atoms with E-state index < -0.39 is 0 Å². The summed E-state index contributed by atoms with van der Waals surface area (Å²) in [5, 5.41) is 5.08. The van der Waals surface area contributed by atoms with E-state index in [-0.39, 0.29) is 17.8 Å². The van der Waals surface area contributed by atoms with Crippen molar-refractivity contribution in [3.8, 4) is 11.1 Å². The van der Waals surface area contributed by atoms with Gasteiger partial charge in [-0.2, -0.15) is 0 Å². The van der Waals surface area contributed by atoms with Crippen molar-refractivity contribution in [1.29, 1.82) is 0 Å². The molecule has 1 atom stereocenters. The van der Waals surface area contributed by atoms with Crippen LogP contribution in [0.15, 0.2) is 60.0 Å². The van der Waals surface area contributed by atoms with E-state index in [4.69, 9.17) is 0 Å². The average Bonchev–Trinajstić information content (AvgIpc) is 3.17. The van der Waals surface area contributed by atoms with E-state index in [9.17, 15) is 9.18 Å². The summed E-state index contributed by atoms with van der Waals surface area (Å²) in [5.41, 5.74) is 3.96. The molecule has 162 valence electrons. The Kier molecular flexibility index (Phi) is 7.15. The molecule has 31 heavy (non-hydrogen) atoms. The molecule has 1 saturated heterocycles. The van der Waals surface area contributed by atoms with Gasteiger partial charge in [0, 0.05) is 24.7 Å². The molecule has 3 nitrogen and oxygen atoms in total. The number of halogens is 1. The Morgan fingerprint density at radius 2 is 1.90 bits per heavy atom. The van der Waals surface area contributed by atoms with Crippen molar-refractivity contribution in [3.63, 3.8) is 0 Å². The molecule has 1 amide bonds. The van der Waals surface area contributed by atoms with Crippen LogP contribution < -0.4 is 5.32 Å². The molecule has 0 spiro atoms. The number of hydrogen-bond acceptors (Lipinski definition) is 3. The molecule has 1 N–H and O–H groups in total. The molecule has 5 heteroatoms. The van der Waals surface area contributed by atoms with Crippen LogP contribution in [0.1, 0.15) is 47.0 Å². The normalized spacial score (nSPS) is 17.3. The Hall–Kier alpha value is -2.50. The average molecular weight is 437 g/mol. The van der Waals surface area contributed by atoms with Crippen LogP contribution in [0, 0.1) is 5.82 Å². The lowest BCUT2D eigenvalue weighted by Gasteiger charge is -2.25. The molecule has 0 saturated carbocycles. The number of amides is 1. The summed E-state index contributed by atoms with van der Waals surface area (Å²) in [6.07, 6.45) is 4.30. The lowest BCUT2D eigenvalue weighted by Crippen LogP contribution is -2.42. The predicted molar refractivity (Wildman–Crippen MR) is 126 cm³/mol. The molecule has 1 fully saturated rings. The first kappa shape index (κ1) is 21.7. The van der Waals surface area contributed by atoms with E-state index in [0.29, 0.717) is 10.4 Å². The molecule has 2 aromatic carbocycles. The molecule has 1 aliphatic heterocycles. The number of nitrogens with one attached hydrogen (secondary N) is 1. The smallest absolute Gasteiger partial charge is 0.261 e. The number of aryl methyl sites for hydroxylation is 1. The first-order valence-corrected chi connectivity index (χ1v) is 11.9. The van der Waals surface area contributed by atoms with Gasteiger partial charge in [-0.25, -0.2) is 4.39 Å². The molecular formula is C26H29FN2OS. The van der Waals surface area contributed by atoms with Gasteiger partial charge in [-0.05, 0) is 60.0 Å². The van der Waals surface area contributed by atoms with Crippen molar-refractivity contribution in [2.75, 3.05) is 13.1 Å². The van der Waals surface area contributed by atoms with Gasteiger partial charge >= 0.3 is 0 Å². The largest absolute Gasteiger partial charge is 0.347 e. The van der Waals surface area contributed by atoms with Crippen LogP contribution in [0.4, 0.5) is 4.39 Å². The van der Waals surface area contributed by atoms with Gasteiger partial charge in [-0.3, -0.25) is 9.69 Å². The van der Waals surface area contributed by atoms with Crippen LogP contribution in [0.2, 0.25) is 0 Å². The molecule has 0 radical (unpaired) electrons. The first-order valence-electron chi connectivity index (χ1n) is 11.1. The third-order valence-electron chi connectivity index (χ3n) is 5.94. The fraction of sp³-hybridized carbons (Fsp3) is 0.346. The lowest BCUT2D eigenvalue weighted by atomic mass is 10.1. The minimum Gasteiger partial charge on any atom is -0.347 e. The number of thiophene rings is 1. The van der Waals surface area contributed by atoms with Crippen molar-refractivity contribution in [2.45, 2.75) is 45.2 Å². The summed E-state index contributed by atoms with van der Waals surface area (Å²) >= 11 is 1.37. The Labute approximate surface area is 187 Å². The maximum atomic E-state index is 14.1. The highest BCUT2D eigenvalue weighted by molar-refractivity contribution is 7.12. The summed E-state index contributed by atoms with van der Waals surface area (Å²) < 4.78 is 14.1. The second-order valence-electron chi connectivity index (χ2n) is 8.25. The molecule has 1 aromatic heterocycles. The van der Waals surface area contributed by atoms with Gasteiger partial charge < -0.3 is 5.32 Å². The molecule has 3 aromatic rings. The molecule has 4 rings (SSSR count). The summed E-state index contributed by atoms with van der Waals surface area (Å²) in [5.74, 6) is -0.328. The third kappa shape index (κ3) is 5.60. The zero-order valence-corrected chi connectivity index (χ0v) is 18.8. The zero-order valence-electron chi connectivity index (χ0n) is 17.9. The van der Waals surface area contributed by atoms with E-state index in [0.717, 1.165) is 50.9 Å². The third-order valence-corrected chi connectivity index (χ3v) is 6.87. The van der Waals surface area contributed by atoms with E-state index in [1.54, 1.807) is 18.2 Å². The van der Waals surface area contributed by atoms with E-state index in [1.807, 2.05) is 11.4 Å². The Morgan fingerprint density at radius 1 is 1.13 bits per heavy atom. The number of carbonyl (C=O) groups is 1. The minimum atomic E-state index is -0.265. The molecular weight excluding hydrogens is 407 g/mol. The summed E-state index contributed by atoms with van der Waals surface area (Å²) in [6.45, 7) is 4.99. The maximum Gasteiger partial charge on any atom is 0.261 e. The van der Waals surface area contributed by atoms with Gasteiger partial charge in [0.2, 0.25) is 0 Å². The van der Waals surface area contributed by atoms with Gasteiger partial charge in [0.05, 0.1) is 4.88 Å². The molecule has 1 aliphatic rings. The highest BCUT2D eigenvalue weighted by atomic mass is 32.1. The monoisotopic (exact) mass is 436 g/mol. The molecule has 2 heterocycles. The van der Waals surface area contributed by atoms with Crippen molar-refractivity contribution in [3.05, 3.63) is 81.8 Å². The fourth-order valence-electron chi connectivity index (χ4n) is 4.17. The highest BCUT2D eigenvalue weighted by Crippen LogP contribution is 2.28.